The molecule has 0 spiro atoms. The Bertz CT molecular complexity index is 304. The Morgan fingerprint density at radius 2 is 2.19 bits per heavy atom. The molecule has 1 atom stereocenters. The van der Waals surface area contributed by atoms with Crippen molar-refractivity contribution in [2.75, 3.05) is 28.8 Å². The van der Waals surface area contributed by atoms with Crippen LogP contribution in [0.1, 0.15) is 12.0 Å². The minimum absolute atomic E-state index is 0.682. The third-order valence-electron chi connectivity index (χ3n) is 2.85. The maximum atomic E-state index is 3.60. The molecule has 0 aromatic heterocycles. The zero-order valence-corrected chi connectivity index (χ0v) is 11.4. The molecule has 1 aliphatic rings. The summed E-state index contributed by atoms with van der Waals surface area (Å²) in [6.07, 6.45) is 4.65. The maximum absolute atomic E-state index is 3.60. The summed E-state index contributed by atoms with van der Waals surface area (Å²) in [4.78, 5) is 0. The van der Waals surface area contributed by atoms with Gasteiger partial charge < -0.3 is 5.32 Å². The van der Waals surface area contributed by atoms with E-state index in [2.05, 4.69) is 47.6 Å². The van der Waals surface area contributed by atoms with Crippen LogP contribution < -0.4 is 5.32 Å². The summed E-state index contributed by atoms with van der Waals surface area (Å²) in [5.41, 5.74) is 2.72. The van der Waals surface area contributed by atoms with Gasteiger partial charge >= 0.3 is 0 Å². The van der Waals surface area contributed by atoms with Gasteiger partial charge in [-0.25, -0.2) is 0 Å². The van der Waals surface area contributed by atoms with Gasteiger partial charge in [0.25, 0.3) is 0 Å². The molecule has 1 saturated heterocycles. The van der Waals surface area contributed by atoms with Crippen molar-refractivity contribution in [2.45, 2.75) is 18.9 Å². The Balaban J connectivity index is 1.86. The molecule has 88 valence electrons. The highest BCUT2D eigenvalue weighted by molar-refractivity contribution is 7.99. The fourth-order valence-corrected chi connectivity index (χ4v) is 3.46. The van der Waals surface area contributed by atoms with Crippen molar-refractivity contribution in [2.24, 2.45) is 0 Å². The first-order valence-corrected chi connectivity index (χ1v) is 8.35. The molecule has 1 aromatic rings. The molecule has 1 nitrogen and oxygen atoms in total. The lowest BCUT2D eigenvalue weighted by Crippen LogP contribution is -2.17. The van der Waals surface area contributed by atoms with Gasteiger partial charge in [0.2, 0.25) is 0 Å². The number of anilines is 1. The smallest absolute Gasteiger partial charge is 0.0359 e. The van der Waals surface area contributed by atoms with Gasteiger partial charge in [0.1, 0.15) is 0 Å². The highest BCUT2D eigenvalue weighted by Gasteiger charge is 2.14. The van der Waals surface area contributed by atoms with E-state index in [-0.39, 0.29) is 0 Å². The molecule has 1 N–H and O–H groups in total. The van der Waals surface area contributed by atoms with E-state index in [9.17, 15) is 0 Å². The first-order chi connectivity index (χ1) is 7.88. The van der Waals surface area contributed by atoms with Crippen molar-refractivity contribution >= 4 is 29.2 Å². The average Bonchev–Trinajstić information content (AvgIpc) is 2.81. The van der Waals surface area contributed by atoms with Gasteiger partial charge in [0, 0.05) is 17.5 Å². The van der Waals surface area contributed by atoms with E-state index in [1.807, 2.05) is 11.8 Å². The normalized spacial score (nSPS) is 19.9. The number of rotatable bonds is 5. The third kappa shape index (κ3) is 3.63. The lowest BCUT2D eigenvalue weighted by atomic mass is 10.1. The van der Waals surface area contributed by atoms with Crippen molar-refractivity contribution in [1.29, 1.82) is 0 Å². The van der Waals surface area contributed by atoms with Gasteiger partial charge in [-0.1, -0.05) is 12.1 Å². The molecule has 1 unspecified atom stereocenters. The zero-order chi connectivity index (χ0) is 11.2. The summed E-state index contributed by atoms with van der Waals surface area (Å²) in [5.74, 6) is 3.78. The van der Waals surface area contributed by atoms with Crippen LogP contribution in [0.2, 0.25) is 0 Å². The summed E-state index contributed by atoms with van der Waals surface area (Å²) >= 11 is 3.96. The third-order valence-corrected chi connectivity index (χ3v) is 4.62. The summed E-state index contributed by atoms with van der Waals surface area (Å²) in [7, 11) is 0. The number of benzene rings is 1. The van der Waals surface area contributed by atoms with Crippen molar-refractivity contribution < 1.29 is 0 Å². The molecule has 0 amide bonds. The van der Waals surface area contributed by atoms with E-state index in [1.54, 1.807) is 0 Å². The summed E-state index contributed by atoms with van der Waals surface area (Å²) in [5, 5.41) is 3.60. The second-order valence-corrected chi connectivity index (χ2v) is 6.28. The van der Waals surface area contributed by atoms with Crippen molar-refractivity contribution in [1.82, 2.24) is 0 Å². The summed E-state index contributed by atoms with van der Waals surface area (Å²) < 4.78 is 0. The molecule has 1 heterocycles. The van der Waals surface area contributed by atoms with E-state index >= 15 is 0 Å². The molecule has 0 aliphatic carbocycles. The quantitative estimate of drug-likeness (QED) is 0.862. The Morgan fingerprint density at radius 3 is 2.81 bits per heavy atom. The minimum Gasteiger partial charge on any atom is -0.381 e. The van der Waals surface area contributed by atoms with Crippen LogP contribution in [0.25, 0.3) is 0 Å². The fraction of sp³-hybridized carbons (Fsp3) is 0.538. The van der Waals surface area contributed by atoms with Gasteiger partial charge in [0.15, 0.2) is 0 Å². The van der Waals surface area contributed by atoms with Crippen LogP contribution in [-0.2, 0) is 6.42 Å². The number of hydrogen-bond donors (Lipinski definition) is 1. The maximum Gasteiger partial charge on any atom is 0.0359 e. The Morgan fingerprint density at radius 1 is 1.38 bits per heavy atom. The Hall–Kier alpha value is -0.280. The summed E-state index contributed by atoms with van der Waals surface area (Å²) in [6.45, 7) is 0. The highest BCUT2D eigenvalue weighted by Crippen LogP contribution is 2.21. The molecule has 1 aliphatic heterocycles. The predicted octanol–water partition coefficient (Wildman–Crippen LogP) is 3.51. The van der Waals surface area contributed by atoms with Crippen molar-refractivity contribution in [3.63, 3.8) is 0 Å². The second-order valence-electron chi connectivity index (χ2n) is 4.14. The molecule has 16 heavy (non-hydrogen) atoms. The molecule has 3 heteroatoms. The van der Waals surface area contributed by atoms with E-state index in [4.69, 9.17) is 0 Å². The molecule has 1 aromatic carbocycles. The van der Waals surface area contributed by atoms with Gasteiger partial charge in [-0.3, -0.25) is 0 Å². The van der Waals surface area contributed by atoms with Crippen molar-refractivity contribution in [3.05, 3.63) is 29.8 Å². The fourth-order valence-electron chi connectivity index (χ4n) is 1.87. The van der Waals surface area contributed by atoms with E-state index < -0.39 is 0 Å². The lowest BCUT2D eigenvalue weighted by Gasteiger charge is -2.13. The number of thioether (sulfide) groups is 2. The van der Waals surface area contributed by atoms with Crippen LogP contribution in [0.15, 0.2) is 24.3 Å². The second kappa shape index (κ2) is 6.45. The van der Waals surface area contributed by atoms with Crippen LogP contribution >= 0.6 is 23.5 Å². The lowest BCUT2D eigenvalue weighted by molar-refractivity contribution is 0.813. The zero-order valence-electron chi connectivity index (χ0n) is 9.74. The largest absolute Gasteiger partial charge is 0.381 e. The molecule has 2 rings (SSSR count). The first-order valence-electron chi connectivity index (χ1n) is 5.80. The van der Waals surface area contributed by atoms with Gasteiger partial charge in [0.05, 0.1) is 0 Å². The minimum atomic E-state index is 0.682. The Kier molecular flexibility index (Phi) is 4.91. The van der Waals surface area contributed by atoms with Gasteiger partial charge in [-0.15, -0.1) is 0 Å². The van der Waals surface area contributed by atoms with E-state index in [0.717, 1.165) is 0 Å². The summed E-state index contributed by atoms with van der Waals surface area (Å²) in [6, 6.07) is 9.63. The van der Waals surface area contributed by atoms with Crippen LogP contribution in [0.3, 0.4) is 0 Å². The molecular weight excluding hydrogens is 234 g/mol. The first kappa shape index (κ1) is 12.2. The average molecular weight is 253 g/mol. The molecular formula is C13H19NS2. The highest BCUT2D eigenvalue weighted by atomic mass is 32.2. The van der Waals surface area contributed by atoms with Gasteiger partial charge in [-0.05, 0) is 48.3 Å². The topological polar surface area (TPSA) is 12.0 Å². The Labute approximate surface area is 107 Å². The molecule has 0 radical (unpaired) electrons. The van der Waals surface area contributed by atoms with Crippen LogP contribution in [0.5, 0.6) is 0 Å². The standard InChI is InChI=1S/C13H19NS2/c1-15-8-6-11-2-4-12(5-3-11)14-13-7-9-16-10-13/h2-5,13-14H,6-10H2,1H3. The van der Waals surface area contributed by atoms with Crippen molar-refractivity contribution in [3.8, 4) is 0 Å². The van der Waals surface area contributed by atoms with Crippen LogP contribution in [0, 0.1) is 0 Å². The molecule has 0 bridgehead atoms. The molecule has 1 fully saturated rings. The van der Waals surface area contributed by atoms with Crippen LogP contribution in [0.4, 0.5) is 5.69 Å². The predicted molar refractivity (Wildman–Crippen MR) is 77.9 cm³/mol. The molecule has 0 saturated carbocycles. The van der Waals surface area contributed by atoms with E-state index in [1.165, 1.54) is 41.4 Å². The SMILES string of the molecule is CSCCc1ccc(NC2CCSC2)cc1. The number of nitrogens with one attached hydrogen (secondary N) is 1. The number of aryl methyl sites for hydroxylation is 1. The van der Waals surface area contributed by atoms with E-state index in [0.29, 0.717) is 6.04 Å². The monoisotopic (exact) mass is 253 g/mol. The number of hydrogen-bond acceptors (Lipinski definition) is 3. The van der Waals surface area contributed by atoms with Crippen LogP contribution in [-0.4, -0.2) is 29.6 Å². The van der Waals surface area contributed by atoms with Gasteiger partial charge in [-0.2, -0.15) is 23.5 Å².